The summed E-state index contributed by atoms with van der Waals surface area (Å²) < 4.78 is 11.1. The second-order valence-corrected chi connectivity index (χ2v) is 4.78. The van der Waals surface area contributed by atoms with E-state index in [1.807, 2.05) is 0 Å². The van der Waals surface area contributed by atoms with Crippen molar-refractivity contribution >= 4 is 10.8 Å². The lowest BCUT2D eigenvalue weighted by molar-refractivity contribution is 0.288. The Morgan fingerprint density at radius 3 is 2.92 bits per heavy atom. The summed E-state index contributed by atoms with van der Waals surface area (Å²) in [7, 11) is -0.595. The van der Waals surface area contributed by atoms with Crippen LogP contribution in [-0.2, 0) is 17.3 Å². The third-order valence-electron chi connectivity index (χ3n) is 2.12. The summed E-state index contributed by atoms with van der Waals surface area (Å²) in [4.78, 5) is 2.25. The highest BCUT2D eigenvalue weighted by Gasteiger charge is 2.15. The molecule has 2 heterocycles. The van der Waals surface area contributed by atoms with E-state index in [2.05, 4.69) is 20.3 Å². The van der Waals surface area contributed by atoms with Crippen LogP contribution in [0.1, 0.15) is 5.69 Å². The first-order valence-electron chi connectivity index (χ1n) is 4.26. The molecular weight excluding hydrogens is 188 g/mol. The maximum atomic E-state index is 11.1. The van der Waals surface area contributed by atoms with E-state index in [1.165, 1.54) is 0 Å². The number of H-pyrrole nitrogens is 1. The Hall–Kier alpha value is -0.750. The standard InChI is InChI=1S/C7H12N4OS/c12-13-3-1-11(2-4-13)6-7-5-8-10-9-7/h5H,1-4,6H2,(H,8,9,10). The molecule has 0 aliphatic carbocycles. The zero-order valence-electron chi connectivity index (χ0n) is 7.27. The smallest absolute Gasteiger partial charge is 0.0964 e. The van der Waals surface area contributed by atoms with Crippen molar-refractivity contribution in [3.8, 4) is 0 Å². The average Bonchev–Trinajstić information content (AvgIpc) is 2.62. The molecule has 0 spiro atoms. The molecule has 6 heteroatoms. The van der Waals surface area contributed by atoms with Crippen LogP contribution in [0.25, 0.3) is 0 Å². The van der Waals surface area contributed by atoms with Crippen LogP contribution in [0, 0.1) is 0 Å². The fraction of sp³-hybridized carbons (Fsp3) is 0.714. The predicted octanol–water partition coefficient (Wildman–Crippen LogP) is -0.631. The minimum atomic E-state index is -0.595. The average molecular weight is 200 g/mol. The van der Waals surface area contributed by atoms with Gasteiger partial charge in [0.1, 0.15) is 0 Å². The second-order valence-electron chi connectivity index (χ2n) is 3.09. The van der Waals surface area contributed by atoms with Gasteiger partial charge in [-0.3, -0.25) is 9.11 Å². The molecule has 1 fully saturated rings. The van der Waals surface area contributed by atoms with Crippen LogP contribution in [0.15, 0.2) is 6.20 Å². The van der Waals surface area contributed by atoms with Gasteiger partial charge in [0, 0.05) is 41.9 Å². The molecular formula is C7H12N4OS. The molecule has 1 N–H and O–H groups in total. The zero-order valence-corrected chi connectivity index (χ0v) is 8.09. The molecule has 0 aromatic carbocycles. The van der Waals surface area contributed by atoms with E-state index in [4.69, 9.17) is 0 Å². The lowest BCUT2D eigenvalue weighted by atomic mass is 10.4. The van der Waals surface area contributed by atoms with E-state index in [9.17, 15) is 4.21 Å². The van der Waals surface area contributed by atoms with Crippen LogP contribution >= 0.6 is 0 Å². The van der Waals surface area contributed by atoms with Gasteiger partial charge in [0.2, 0.25) is 0 Å². The topological polar surface area (TPSA) is 61.9 Å². The SMILES string of the molecule is O=S1CCN(Cc2cn[nH]n2)CC1. The molecule has 5 nitrogen and oxygen atoms in total. The first kappa shape index (κ1) is 8.83. The fourth-order valence-electron chi connectivity index (χ4n) is 1.36. The summed E-state index contributed by atoms with van der Waals surface area (Å²) in [6, 6.07) is 0. The minimum absolute atomic E-state index is 0.595. The van der Waals surface area contributed by atoms with Crippen LogP contribution in [0.3, 0.4) is 0 Å². The molecule has 0 saturated carbocycles. The molecule has 2 rings (SSSR count). The molecule has 0 bridgehead atoms. The Bertz CT molecular complexity index is 277. The molecule has 0 atom stereocenters. The number of hydrogen-bond acceptors (Lipinski definition) is 4. The quantitative estimate of drug-likeness (QED) is 0.690. The zero-order chi connectivity index (χ0) is 9.10. The largest absolute Gasteiger partial charge is 0.296 e. The van der Waals surface area contributed by atoms with E-state index < -0.39 is 10.8 Å². The first-order chi connectivity index (χ1) is 6.34. The van der Waals surface area contributed by atoms with Gasteiger partial charge in [0.25, 0.3) is 0 Å². The number of nitrogens with zero attached hydrogens (tertiary/aromatic N) is 3. The summed E-state index contributed by atoms with van der Waals surface area (Å²) >= 11 is 0. The number of rotatable bonds is 2. The van der Waals surface area contributed by atoms with Gasteiger partial charge in [0.05, 0.1) is 11.9 Å². The Morgan fingerprint density at radius 2 is 2.31 bits per heavy atom. The minimum Gasteiger partial charge on any atom is -0.296 e. The molecule has 13 heavy (non-hydrogen) atoms. The maximum Gasteiger partial charge on any atom is 0.0964 e. The van der Waals surface area contributed by atoms with Crippen molar-refractivity contribution in [2.45, 2.75) is 6.54 Å². The molecule has 1 aromatic rings. The van der Waals surface area contributed by atoms with Crippen molar-refractivity contribution in [1.29, 1.82) is 0 Å². The second kappa shape index (κ2) is 3.97. The molecule has 0 amide bonds. The van der Waals surface area contributed by atoms with Crippen LogP contribution in [-0.4, -0.2) is 49.1 Å². The van der Waals surface area contributed by atoms with Crippen molar-refractivity contribution in [2.24, 2.45) is 0 Å². The molecule has 1 aliphatic rings. The maximum absolute atomic E-state index is 11.1. The Labute approximate surface area is 79.0 Å². The molecule has 1 saturated heterocycles. The van der Waals surface area contributed by atoms with E-state index in [-0.39, 0.29) is 0 Å². The van der Waals surface area contributed by atoms with Crippen molar-refractivity contribution in [2.75, 3.05) is 24.6 Å². The van der Waals surface area contributed by atoms with Gasteiger partial charge >= 0.3 is 0 Å². The third-order valence-corrected chi connectivity index (χ3v) is 3.40. The Kier molecular flexibility index (Phi) is 2.70. The van der Waals surface area contributed by atoms with Gasteiger partial charge in [-0.15, -0.1) is 0 Å². The van der Waals surface area contributed by atoms with Crippen LogP contribution < -0.4 is 0 Å². The summed E-state index contributed by atoms with van der Waals surface area (Å²) in [6.07, 6.45) is 1.73. The summed E-state index contributed by atoms with van der Waals surface area (Å²) in [5.74, 6) is 1.58. The van der Waals surface area contributed by atoms with Gasteiger partial charge < -0.3 is 0 Å². The highest BCUT2D eigenvalue weighted by atomic mass is 32.2. The van der Waals surface area contributed by atoms with E-state index in [0.29, 0.717) is 0 Å². The van der Waals surface area contributed by atoms with Crippen molar-refractivity contribution in [3.63, 3.8) is 0 Å². The van der Waals surface area contributed by atoms with E-state index in [0.717, 1.165) is 36.8 Å². The number of aromatic nitrogens is 3. The predicted molar refractivity (Wildman–Crippen MR) is 49.5 cm³/mol. The molecule has 1 aliphatic heterocycles. The van der Waals surface area contributed by atoms with Crippen LogP contribution in [0.5, 0.6) is 0 Å². The van der Waals surface area contributed by atoms with Gasteiger partial charge in [-0.1, -0.05) is 0 Å². The molecule has 72 valence electrons. The number of aromatic amines is 1. The van der Waals surface area contributed by atoms with Crippen LogP contribution in [0.2, 0.25) is 0 Å². The highest BCUT2D eigenvalue weighted by Crippen LogP contribution is 2.04. The lowest BCUT2D eigenvalue weighted by Crippen LogP contribution is -2.37. The fourth-order valence-corrected chi connectivity index (χ4v) is 2.49. The number of nitrogens with one attached hydrogen (secondary N) is 1. The van der Waals surface area contributed by atoms with E-state index in [1.54, 1.807) is 6.20 Å². The van der Waals surface area contributed by atoms with Gasteiger partial charge in [-0.05, 0) is 0 Å². The Morgan fingerprint density at radius 1 is 1.54 bits per heavy atom. The van der Waals surface area contributed by atoms with Gasteiger partial charge in [-0.2, -0.15) is 15.4 Å². The molecule has 1 aromatic heterocycles. The highest BCUT2D eigenvalue weighted by molar-refractivity contribution is 7.85. The number of hydrogen-bond donors (Lipinski definition) is 1. The van der Waals surface area contributed by atoms with Crippen molar-refractivity contribution in [3.05, 3.63) is 11.9 Å². The molecule has 0 unspecified atom stereocenters. The summed E-state index contributed by atoms with van der Waals surface area (Å²) in [5, 5.41) is 10.3. The summed E-state index contributed by atoms with van der Waals surface area (Å²) in [5.41, 5.74) is 0.952. The normalized spacial score (nSPS) is 20.6. The lowest BCUT2D eigenvalue weighted by Gasteiger charge is -2.24. The molecule has 0 radical (unpaired) electrons. The van der Waals surface area contributed by atoms with Gasteiger partial charge in [-0.25, -0.2) is 0 Å². The first-order valence-corrected chi connectivity index (χ1v) is 5.75. The van der Waals surface area contributed by atoms with Crippen molar-refractivity contribution in [1.82, 2.24) is 20.3 Å². The monoisotopic (exact) mass is 200 g/mol. The third kappa shape index (κ3) is 2.35. The van der Waals surface area contributed by atoms with Gasteiger partial charge in [0.15, 0.2) is 0 Å². The Balaban J connectivity index is 1.86. The summed E-state index contributed by atoms with van der Waals surface area (Å²) in [6.45, 7) is 2.62. The van der Waals surface area contributed by atoms with Crippen molar-refractivity contribution < 1.29 is 4.21 Å². The van der Waals surface area contributed by atoms with Crippen LogP contribution in [0.4, 0.5) is 0 Å². The van der Waals surface area contributed by atoms with E-state index >= 15 is 0 Å².